The van der Waals surface area contributed by atoms with E-state index in [4.69, 9.17) is 11.6 Å². The zero-order chi connectivity index (χ0) is 14.9. The van der Waals surface area contributed by atoms with Gasteiger partial charge >= 0.3 is 5.69 Å². The van der Waals surface area contributed by atoms with Crippen molar-refractivity contribution < 1.29 is 0 Å². The third-order valence-corrected chi connectivity index (χ3v) is 3.52. The molecular formula is C14H16ClN3O2. The molecule has 1 N–H and O–H groups in total. The van der Waals surface area contributed by atoms with Crippen molar-refractivity contribution >= 4 is 17.3 Å². The SMILES string of the molecule is Cc1ccc(Cl)cc1NCc1cc(=O)n(C)c(=O)n1C. The molecule has 1 aromatic carbocycles. The lowest BCUT2D eigenvalue weighted by atomic mass is 10.2. The number of aromatic nitrogens is 2. The molecule has 0 aliphatic rings. The number of aryl methyl sites for hydroxylation is 1. The van der Waals surface area contributed by atoms with Gasteiger partial charge in [-0.15, -0.1) is 0 Å². The molecule has 2 rings (SSSR count). The van der Waals surface area contributed by atoms with Gasteiger partial charge in [0.1, 0.15) is 0 Å². The molecule has 6 heteroatoms. The van der Waals surface area contributed by atoms with Crippen LogP contribution in [0.2, 0.25) is 5.02 Å². The van der Waals surface area contributed by atoms with Crippen LogP contribution in [0.25, 0.3) is 0 Å². The fourth-order valence-corrected chi connectivity index (χ4v) is 2.09. The first-order valence-corrected chi connectivity index (χ1v) is 6.54. The number of benzene rings is 1. The van der Waals surface area contributed by atoms with Crippen LogP contribution in [0.4, 0.5) is 5.69 Å². The lowest BCUT2D eigenvalue weighted by Crippen LogP contribution is -2.38. The second kappa shape index (κ2) is 5.54. The Bertz CT molecular complexity index is 762. The van der Waals surface area contributed by atoms with E-state index < -0.39 is 0 Å². The molecule has 0 atom stereocenters. The van der Waals surface area contributed by atoms with E-state index in [1.54, 1.807) is 7.05 Å². The smallest absolute Gasteiger partial charge is 0.330 e. The van der Waals surface area contributed by atoms with E-state index in [-0.39, 0.29) is 11.2 Å². The molecule has 0 aliphatic heterocycles. The van der Waals surface area contributed by atoms with Crippen LogP contribution in [0, 0.1) is 6.92 Å². The Balaban J connectivity index is 2.30. The highest BCUT2D eigenvalue weighted by molar-refractivity contribution is 6.30. The van der Waals surface area contributed by atoms with Crippen molar-refractivity contribution in [3.05, 3.63) is 61.4 Å². The molecule has 2 aromatic rings. The number of hydrogen-bond donors (Lipinski definition) is 1. The summed E-state index contributed by atoms with van der Waals surface area (Å²) in [4.78, 5) is 23.5. The molecule has 0 amide bonds. The van der Waals surface area contributed by atoms with E-state index in [2.05, 4.69) is 5.32 Å². The number of halogens is 1. The predicted molar refractivity (Wildman–Crippen MR) is 80.4 cm³/mol. The molecule has 0 radical (unpaired) electrons. The standard InChI is InChI=1S/C14H16ClN3O2/c1-9-4-5-10(15)6-12(9)16-8-11-7-13(19)18(3)14(20)17(11)2/h4-7,16H,8H2,1-3H3. The van der Waals surface area contributed by atoms with Crippen LogP contribution in [0.5, 0.6) is 0 Å². The minimum Gasteiger partial charge on any atom is -0.379 e. The largest absolute Gasteiger partial charge is 0.379 e. The van der Waals surface area contributed by atoms with Crippen LogP contribution in [0.15, 0.2) is 33.9 Å². The summed E-state index contributed by atoms with van der Waals surface area (Å²) >= 11 is 5.95. The molecular weight excluding hydrogens is 278 g/mol. The van der Waals surface area contributed by atoms with E-state index in [1.165, 1.54) is 17.7 Å². The van der Waals surface area contributed by atoms with Crippen molar-refractivity contribution in [2.75, 3.05) is 5.32 Å². The van der Waals surface area contributed by atoms with Gasteiger partial charge in [0.25, 0.3) is 5.56 Å². The summed E-state index contributed by atoms with van der Waals surface area (Å²) in [6.07, 6.45) is 0. The summed E-state index contributed by atoms with van der Waals surface area (Å²) < 4.78 is 2.53. The first kappa shape index (κ1) is 14.4. The van der Waals surface area contributed by atoms with E-state index >= 15 is 0 Å². The molecule has 106 valence electrons. The van der Waals surface area contributed by atoms with Crippen LogP contribution in [0.1, 0.15) is 11.3 Å². The molecule has 20 heavy (non-hydrogen) atoms. The van der Waals surface area contributed by atoms with Crippen molar-refractivity contribution in [2.45, 2.75) is 13.5 Å². The fourth-order valence-electron chi connectivity index (χ4n) is 1.92. The lowest BCUT2D eigenvalue weighted by molar-refractivity contribution is 0.655. The Morgan fingerprint density at radius 1 is 1.15 bits per heavy atom. The van der Waals surface area contributed by atoms with Gasteiger partial charge in [-0.3, -0.25) is 13.9 Å². The van der Waals surface area contributed by atoms with Crippen molar-refractivity contribution in [1.82, 2.24) is 9.13 Å². The summed E-state index contributed by atoms with van der Waals surface area (Å²) in [7, 11) is 3.10. The van der Waals surface area contributed by atoms with Gasteiger partial charge in [0, 0.05) is 36.6 Å². The van der Waals surface area contributed by atoms with Gasteiger partial charge < -0.3 is 5.32 Å². The van der Waals surface area contributed by atoms with Gasteiger partial charge in [0.15, 0.2) is 0 Å². The van der Waals surface area contributed by atoms with Crippen LogP contribution >= 0.6 is 11.6 Å². The summed E-state index contributed by atoms with van der Waals surface area (Å²) in [5, 5.41) is 3.83. The lowest BCUT2D eigenvalue weighted by Gasteiger charge is -2.13. The van der Waals surface area contributed by atoms with Gasteiger partial charge in [-0.2, -0.15) is 0 Å². The summed E-state index contributed by atoms with van der Waals surface area (Å²) in [5.41, 5.74) is 1.90. The molecule has 1 heterocycles. The minimum absolute atomic E-state index is 0.312. The monoisotopic (exact) mass is 293 g/mol. The number of rotatable bonds is 3. The Labute approximate surface area is 121 Å². The Morgan fingerprint density at radius 2 is 1.85 bits per heavy atom. The van der Waals surface area contributed by atoms with Gasteiger partial charge in [-0.1, -0.05) is 17.7 Å². The zero-order valence-corrected chi connectivity index (χ0v) is 12.4. The zero-order valence-electron chi connectivity index (χ0n) is 11.6. The van der Waals surface area contributed by atoms with E-state index in [1.807, 2.05) is 25.1 Å². The predicted octanol–water partition coefficient (Wildman–Crippen LogP) is 1.66. The highest BCUT2D eigenvalue weighted by atomic mass is 35.5. The number of nitrogens with one attached hydrogen (secondary N) is 1. The summed E-state index contributed by atoms with van der Waals surface area (Å²) in [6.45, 7) is 2.34. The highest BCUT2D eigenvalue weighted by Crippen LogP contribution is 2.20. The van der Waals surface area contributed by atoms with Gasteiger partial charge in [-0.25, -0.2) is 4.79 Å². The first-order valence-electron chi connectivity index (χ1n) is 6.16. The maximum atomic E-state index is 11.8. The summed E-state index contributed by atoms with van der Waals surface area (Å²) in [6, 6.07) is 6.99. The molecule has 0 bridgehead atoms. The number of nitrogens with zero attached hydrogens (tertiary/aromatic N) is 2. The Kier molecular flexibility index (Phi) is 3.99. The average molecular weight is 294 g/mol. The minimum atomic E-state index is -0.336. The molecule has 0 fully saturated rings. The topological polar surface area (TPSA) is 56.0 Å². The second-order valence-corrected chi connectivity index (χ2v) is 5.12. The third-order valence-electron chi connectivity index (χ3n) is 3.28. The Morgan fingerprint density at radius 3 is 2.55 bits per heavy atom. The highest BCUT2D eigenvalue weighted by Gasteiger charge is 2.06. The van der Waals surface area contributed by atoms with E-state index in [9.17, 15) is 9.59 Å². The third kappa shape index (κ3) is 2.77. The average Bonchev–Trinajstić information content (AvgIpc) is 2.42. The maximum Gasteiger partial charge on any atom is 0.330 e. The van der Waals surface area contributed by atoms with Gasteiger partial charge in [0.05, 0.1) is 6.54 Å². The van der Waals surface area contributed by atoms with Crippen LogP contribution in [-0.4, -0.2) is 9.13 Å². The molecule has 1 aromatic heterocycles. The first-order chi connectivity index (χ1) is 9.40. The normalized spacial score (nSPS) is 10.6. The molecule has 0 saturated carbocycles. The summed E-state index contributed by atoms with van der Waals surface area (Å²) in [5.74, 6) is 0. The van der Waals surface area contributed by atoms with E-state index in [0.717, 1.165) is 15.8 Å². The number of anilines is 1. The van der Waals surface area contributed by atoms with Gasteiger partial charge in [0.2, 0.25) is 0 Å². The maximum absolute atomic E-state index is 11.8. The molecule has 0 unspecified atom stereocenters. The molecule has 0 saturated heterocycles. The van der Waals surface area contributed by atoms with Crippen molar-refractivity contribution in [3.8, 4) is 0 Å². The fraction of sp³-hybridized carbons (Fsp3) is 0.286. The second-order valence-electron chi connectivity index (χ2n) is 4.69. The molecule has 5 nitrogen and oxygen atoms in total. The van der Waals surface area contributed by atoms with Crippen LogP contribution < -0.4 is 16.6 Å². The molecule has 0 spiro atoms. The van der Waals surface area contributed by atoms with Crippen molar-refractivity contribution in [3.63, 3.8) is 0 Å². The van der Waals surface area contributed by atoms with E-state index in [0.29, 0.717) is 17.3 Å². The molecule has 0 aliphatic carbocycles. The Hall–Kier alpha value is -2.01. The number of hydrogen-bond acceptors (Lipinski definition) is 3. The van der Waals surface area contributed by atoms with Crippen LogP contribution in [0.3, 0.4) is 0 Å². The van der Waals surface area contributed by atoms with Crippen molar-refractivity contribution in [1.29, 1.82) is 0 Å². The van der Waals surface area contributed by atoms with Crippen LogP contribution in [-0.2, 0) is 20.6 Å². The quantitative estimate of drug-likeness (QED) is 0.936. The van der Waals surface area contributed by atoms with Gasteiger partial charge in [-0.05, 0) is 24.6 Å². The van der Waals surface area contributed by atoms with Crippen molar-refractivity contribution in [2.24, 2.45) is 14.1 Å².